The van der Waals surface area contributed by atoms with Crippen molar-refractivity contribution in [2.45, 2.75) is 58.3 Å². The molecule has 6 heterocycles. The summed E-state index contributed by atoms with van der Waals surface area (Å²) < 4.78 is 16.3. The van der Waals surface area contributed by atoms with Crippen molar-refractivity contribution in [1.82, 2.24) is 23.9 Å². The minimum Gasteiger partial charge on any atom is -0.481 e. The Bertz CT molecular complexity index is 1850. The number of carboxylic acid groups (broad SMARTS) is 1. The molecule has 2 saturated heterocycles. The molecule has 7 rings (SSSR count). The van der Waals surface area contributed by atoms with E-state index in [1.165, 1.54) is 0 Å². The Balaban J connectivity index is 1.31. The number of nitrogens with zero attached hydrogens (tertiary/aromatic N) is 6. The highest BCUT2D eigenvalue weighted by Crippen LogP contribution is 2.47. The minimum absolute atomic E-state index is 0.277. The molecule has 0 amide bonds. The molecule has 1 N–H and O–H groups in total. The van der Waals surface area contributed by atoms with Gasteiger partial charge in [-0.2, -0.15) is 4.98 Å². The van der Waals surface area contributed by atoms with Crippen LogP contribution in [0.4, 0.5) is 5.95 Å². The van der Waals surface area contributed by atoms with Crippen LogP contribution in [0.3, 0.4) is 0 Å². The minimum atomic E-state index is -1.24. The van der Waals surface area contributed by atoms with Gasteiger partial charge in [0.15, 0.2) is 5.65 Å². The van der Waals surface area contributed by atoms with E-state index in [0.717, 1.165) is 63.5 Å². The van der Waals surface area contributed by atoms with Crippen LogP contribution in [0.2, 0.25) is 25.7 Å². The molecule has 230 valence electrons. The van der Waals surface area contributed by atoms with Crippen LogP contribution in [-0.2, 0) is 21.0 Å². The molecule has 5 aromatic rings. The number of hydrogen-bond acceptors (Lipinski definition) is 7. The number of ether oxygens (including phenoxy) is 2. The zero-order valence-electron chi connectivity index (χ0n) is 25.9. The van der Waals surface area contributed by atoms with Crippen molar-refractivity contribution >= 4 is 47.6 Å². The molecule has 0 bridgehead atoms. The lowest BCUT2D eigenvalue weighted by Gasteiger charge is -2.41. The quantitative estimate of drug-likeness (QED) is 0.170. The van der Waals surface area contributed by atoms with Gasteiger partial charge < -0.3 is 24.0 Å². The van der Waals surface area contributed by atoms with Gasteiger partial charge in [-0.05, 0) is 43.5 Å². The van der Waals surface area contributed by atoms with Crippen LogP contribution in [-0.4, -0.2) is 75.5 Å². The highest BCUT2D eigenvalue weighted by atomic mass is 28.3. The third kappa shape index (κ3) is 4.96. The number of aliphatic carboxylic acids is 1. The number of benzene rings is 1. The van der Waals surface area contributed by atoms with Crippen LogP contribution in [0.15, 0.2) is 55.1 Å². The summed E-state index contributed by atoms with van der Waals surface area (Å²) in [4.78, 5) is 29.2. The number of carboxylic acids is 1. The third-order valence-corrected chi connectivity index (χ3v) is 11.3. The maximum atomic E-state index is 12.2. The van der Waals surface area contributed by atoms with Crippen LogP contribution in [0.1, 0.15) is 19.8 Å². The maximum Gasteiger partial charge on any atom is 0.309 e. The molecule has 2 fully saturated rings. The van der Waals surface area contributed by atoms with Gasteiger partial charge in [0.1, 0.15) is 12.4 Å². The molecule has 1 aromatic carbocycles. The van der Waals surface area contributed by atoms with E-state index in [9.17, 15) is 9.90 Å². The second kappa shape index (κ2) is 11.0. The molecule has 0 radical (unpaired) electrons. The standard InChI is InChI=1S/C33H40N6O4Si/c1-22-28(31(40)41)33(20-43-22)10-14-37(15-11-33)32-36-30-27(29-35-13-16-39(29)32)25(19-38(30)21-42-17-18-44(2,3)4)23-7-5-9-26-24(23)8-6-12-34-26/h5-9,12-13,16,19,22,28H,10-11,14-15,17-18,20-21H2,1-4H3,(H,40,41)/t22-,28-/m0/s1. The zero-order valence-corrected chi connectivity index (χ0v) is 26.9. The Labute approximate surface area is 257 Å². The first-order valence-electron chi connectivity index (χ1n) is 15.5. The van der Waals surface area contributed by atoms with Crippen molar-refractivity contribution in [3.63, 3.8) is 0 Å². The Kier molecular flexibility index (Phi) is 7.22. The third-order valence-electron chi connectivity index (χ3n) is 9.57. The zero-order chi connectivity index (χ0) is 30.6. The number of hydrogen-bond donors (Lipinski definition) is 1. The molecular formula is C33H40N6O4Si. The van der Waals surface area contributed by atoms with Gasteiger partial charge >= 0.3 is 5.97 Å². The number of piperidine rings is 1. The number of rotatable bonds is 8. The van der Waals surface area contributed by atoms with Crippen molar-refractivity contribution in [3.05, 3.63) is 55.1 Å². The first kappa shape index (κ1) is 28.9. The fourth-order valence-electron chi connectivity index (χ4n) is 7.14. The van der Waals surface area contributed by atoms with E-state index in [1.807, 2.05) is 43.7 Å². The molecule has 1 spiro atoms. The number of aromatic nitrogens is 5. The second-order valence-electron chi connectivity index (χ2n) is 13.6. The van der Waals surface area contributed by atoms with Gasteiger partial charge in [0.2, 0.25) is 5.95 Å². The molecule has 0 unspecified atom stereocenters. The molecule has 10 nitrogen and oxygen atoms in total. The van der Waals surface area contributed by atoms with E-state index in [4.69, 9.17) is 19.4 Å². The molecule has 11 heteroatoms. The van der Waals surface area contributed by atoms with Crippen LogP contribution in [0.25, 0.3) is 38.7 Å². The highest BCUT2D eigenvalue weighted by molar-refractivity contribution is 6.76. The summed E-state index contributed by atoms with van der Waals surface area (Å²) in [6, 6.07) is 11.4. The fourth-order valence-corrected chi connectivity index (χ4v) is 7.90. The van der Waals surface area contributed by atoms with Crippen molar-refractivity contribution < 1.29 is 19.4 Å². The summed E-state index contributed by atoms with van der Waals surface area (Å²) >= 11 is 0. The van der Waals surface area contributed by atoms with Crippen LogP contribution in [0.5, 0.6) is 0 Å². The predicted molar refractivity (Wildman–Crippen MR) is 174 cm³/mol. The number of pyridine rings is 1. The average molecular weight is 613 g/mol. The van der Waals surface area contributed by atoms with Gasteiger partial charge in [-0.3, -0.25) is 14.2 Å². The van der Waals surface area contributed by atoms with E-state index in [2.05, 4.69) is 56.8 Å². The Morgan fingerprint density at radius 2 is 1.91 bits per heavy atom. The van der Waals surface area contributed by atoms with E-state index in [-0.39, 0.29) is 11.5 Å². The molecule has 2 aliphatic rings. The van der Waals surface area contributed by atoms with Crippen LogP contribution in [0, 0.1) is 11.3 Å². The average Bonchev–Trinajstić information content (AvgIpc) is 3.70. The van der Waals surface area contributed by atoms with Crippen molar-refractivity contribution in [2.75, 3.05) is 31.2 Å². The maximum absolute atomic E-state index is 12.2. The topological polar surface area (TPSA) is 107 Å². The Morgan fingerprint density at radius 1 is 1.09 bits per heavy atom. The van der Waals surface area contributed by atoms with Crippen LogP contribution >= 0.6 is 0 Å². The molecule has 4 aromatic heterocycles. The lowest BCUT2D eigenvalue weighted by Crippen LogP contribution is -2.47. The van der Waals surface area contributed by atoms with Crippen molar-refractivity contribution in [3.8, 4) is 11.1 Å². The normalized spacial score (nSPS) is 20.4. The van der Waals surface area contributed by atoms with Gasteiger partial charge in [0, 0.05) is 68.9 Å². The Morgan fingerprint density at radius 3 is 2.68 bits per heavy atom. The van der Waals surface area contributed by atoms with Crippen molar-refractivity contribution in [2.24, 2.45) is 11.3 Å². The first-order chi connectivity index (χ1) is 21.2. The molecule has 2 aliphatic heterocycles. The molecular weight excluding hydrogens is 572 g/mol. The van der Waals surface area contributed by atoms with Crippen molar-refractivity contribution in [1.29, 1.82) is 0 Å². The van der Waals surface area contributed by atoms with E-state index in [0.29, 0.717) is 33.0 Å². The predicted octanol–water partition coefficient (Wildman–Crippen LogP) is 5.92. The number of anilines is 1. The Hall–Kier alpha value is -3.80. The molecule has 44 heavy (non-hydrogen) atoms. The SMILES string of the molecule is C[C@@H]1OCC2(CCN(c3nc4c(c(-c5cccc6ncccc56)cn4COCC[Si](C)(C)C)c4nccn34)CC2)[C@@H]1C(=O)O. The first-order valence-corrected chi connectivity index (χ1v) is 19.2. The summed E-state index contributed by atoms with van der Waals surface area (Å²) in [6.07, 6.45) is 8.96. The lowest BCUT2D eigenvalue weighted by atomic mass is 9.69. The smallest absolute Gasteiger partial charge is 0.309 e. The summed E-state index contributed by atoms with van der Waals surface area (Å²) in [5.74, 6) is -0.439. The fraction of sp³-hybridized carbons (Fsp3) is 0.455. The summed E-state index contributed by atoms with van der Waals surface area (Å²) in [7, 11) is -1.24. The monoisotopic (exact) mass is 612 g/mol. The van der Waals surface area contributed by atoms with E-state index >= 15 is 0 Å². The number of fused-ring (bicyclic) bond motifs is 4. The second-order valence-corrected chi connectivity index (χ2v) is 19.3. The van der Waals surface area contributed by atoms with Gasteiger partial charge in [-0.1, -0.05) is 37.8 Å². The summed E-state index contributed by atoms with van der Waals surface area (Å²) in [6.45, 7) is 11.9. The van der Waals surface area contributed by atoms with Gasteiger partial charge in [0.05, 0.1) is 29.5 Å². The van der Waals surface area contributed by atoms with Gasteiger partial charge in [0.25, 0.3) is 0 Å². The molecule has 0 aliphatic carbocycles. The van der Waals surface area contributed by atoms with E-state index < -0.39 is 20.0 Å². The lowest BCUT2D eigenvalue weighted by molar-refractivity contribution is -0.146. The van der Waals surface area contributed by atoms with E-state index in [1.54, 1.807) is 0 Å². The van der Waals surface area contributed by atoms with Gasteiger partial charge in [-0.15, -0.1) is 0 Å². The number of carbonyl (C=O) groups is 1. The largest absolute Gasteiger partial charge is 0.481 e. The number of imidazole rings is 1. The summed E-state index contributed by atoms with van der Waals surface area (Å²) in [5.41, 5.74) is 4.37. The summed E-state index contributed by atoms with van der Waals surface area (Å²) in [5, 5.41) is 12.1. The molecule has 0 saturated carbocycles. The highest BCUT2D eigenvalue weighted by Gasteiger charge is 2.53. The van der Waals surface area contributed by atoms with Crippen LogP contribution < -0.4 is 4.90 Å². The molecule has 2 atom stereocenters. The van der Waals surface area contributed by atoms with Gasteiger partial charge in [-0.25, -0.2) is 4.98 Å².